The van der Waals surface area contributed by atoms with E-state index < -0.39 is 12.2 Å². The predicted molar refractivity (Wildman–Crippen MR) is 89.4 cm³/mol. The highest BCUT2D eigenvalue weighted by Crippen LogP contribution is 2.41. The van der Waals surface area contributed by atoms with Gasteiger partial charge in [0, 0.05) is 16.1 Å². The van der Waals surface area contributed by atoms with Crippen molar-refractivity contribution in [2.75, 3.05) is 14.2 Å². The van der Waals surface area contributed by atoms with E-state index in [2.05, 4.69) is 0 Å². The quantitative estimate of drug-likeness (QED) is 0.923. The summed E-state index contributed by atoms with van der Waals surface area (Å²) < 4.78 is 16.6. The first kappa shape index (κ1) is 15.7. The summed E-state index contributed by atoms with van der Waals surface area (Å²) in [5, 5.41) is 11.4. The summed E-state index contributed by atoms with van der Waals surface area (Å²) in [7, 11) is 3.17. The van der Waals surface area contributed by atoms with Crippen LogP contribution in [0.25, 0.3) is 6.08 Å². The lowest BCUT2D eigenvalue weighted by Gasteiger charge is -2.28. The molecule has 4 nitrogen and oxygen atoms in total. The van der Waals surface area contributed by atoms with Crippen LogP contribution >= 0.6 is 11.6 Å². The lowest BCUT2D eigenvalue weighted by molar-refractivity contribution is 0.0602. The maximum absolute atomic E-state index is 10.7. The molecule has 2 atom stereocenters. The number of hydrogen-bond acceptors (Lipinski definition) is 4. The monoisotopic (exact) mass is 332 g/mol. The molecular formula is C18H17ClO4. The molecule has 0 fully saturated rings. The van der Waals surface area contributed by atoms with Crippen molar-refractivity contribution in [2.24, 2.45) is 0 Å². The smallest absolute Gasteiger partial charge is 0.147 e. The molecule has 1 aliphatic carbocycles. The fourth-order valence-electron chi connectivity index (χ4n) is 2.66. The van der Waals surface area contributed by atoms with Crippen LogP contribution in [0.2, 0.25) is 5.02 Å². The molecule has 2 aromatic rings. The second-order valence-electron chi connectivity index (χ2n) is 5.14. The summed E-state index contributed by atoms with van der Waals surface area (Å²) in [5.41, 5.74) is 1.46. The largest absolute Gasteiger partial charge is 0.496 e. The Bertz CT molecular complexity index is 725. The molecule has 1 aliphatic rings. The van der Waals surface area contributed by atoms with Crippen LogP contribution in [0, 0.1) is 0 Å². The van der Waals surface area contributed by atoms with Crippen molar-refractivity contribution >= 4 is 17.7 Å². The van der Waals surface area contributed by atoms with E-state index in [1.807, 2.05) is 18.2 Å². The average Bonchev–Trinajstić information content (AvgIpc) is 2.58. The predicted octanol–water partition coefficient (Wildman–Crippen LogP) is 3.87. The first-order valence-electron chi connectivity index (χ1n) is 7.17. The van der Waals surface area contributed by atoms with Crippen molar-refractivity contribution in [1.29, 1.82) is 0 Å². The van der Waals surface area contributed by atoms with Crippen molar-refractivity contribution < 1.29 is 19.3 Å². The number of benzene rings is 2. The summed E-state index contributed by atoms with van der Waals surface area (Å²) in [5.74, 6) is 1.91. The molecule has 0 aromatic heterocycles. The van der Waals surface area contributed by atoms with Gasteiger partial charge in [-0.3, -0.25) is 0 Å². The minimum Gasteiger partial charge on any atom is -0.496 e. The van der Waals surface area contributed by atoms with Gasteiger partial charge in [-0.05, 0) is 42.5 Å². The van der Waals surface area contributed by atoms with Gasteiger partial charge in [0.15, 0.2) is 0 Å². The van der Waals surface area contributed by atoms with Gasteiger partial charge in [0.05, 0.1) is 14.2 Å². The van der Waals surface area contributed by atoms with Crippen molar-refractivity contribution in [3.63, 3.8) is 0 Å². The molecule has 23 heavy (non-hydrogen) atoms. The molecule has 120 valence electrons. The number of halogens is 1. The third-order valence-electron chi connectivity index (χ3n) is 3.79. The van der Waals surface area contributed by atoms with Crippen LogP contribution in [-0.4, -0.2) is 25.4 Å². The Morgan fingerprint density at radius 3 is 2.26 bits per heavy atom. The Balaban J connectivity index is 1.94. The van der Waals surface area contributed by atoms with Crippen LogP contribution in [0.3, 0.4) is 0 Å². The summed E-state index contributed by atoms with van der Waals surface area (Å²) >= 11 is 5.87. The number of methoxy groups -OCH3 is 2. The minimum atomic E-state index is -0.865. The zero-order chi connectivity index (χ0) is 16.4. The van der Waals surface area contributed by atoms with E-state index in [1.165, 1.54) is 0 Å². The number of hydrogen-bond donors (Lipinski definition) is 1. The third-order valence-corrected chi connectivity index (χ3v) is 4.04. The molecule has 3 rings (SSSR count). The van der Waals surface area contributed by atoms with E-state index in [0.29, 0.717) is 27.8 Å². The summed E-state index contributed by atoms with van der Waals surface area (Å²) in [6.07, 6.45) is 2.30. The Hall–Kier alpha value is -2.17. The van der Waals surface area contributed by atoms with Gasteiger partial charge in [-0.25, -0.2) is 0 Å². The zero-order valence-electron chi connectivity index (χ0n) is 12.8. The van der Waals surface area contributed by atoms with Gasteiger partial charge in [0.1, 0.15) is 29.5 Å². The molecule has 2 aromatic carbocycles. The lowest BCUT2D eigenvalue weighted by Crippen LogP contribution is -2.26. The number of aliphatic hydroxyl groups excluding tert-OH is 1. The molecule has 0 spiro atoms. The number of rotatable bonds is 4. The SMILES string of the molecule is COc1ccc(OC)c2c1C=C[C@H](Oc1ccc(Cl)cc1)[C@H]2O. The van der Waals surface area contributed by atoms with Crippen LogP contribution in [0.5, 0.6) is 17.2 Å². The normalized spacial score (nSPS) is 19.1. The van der Waals surface area contributed by atoms with Crippen molar-refractivity contribution in [1.82, 2.24) is 0 Å². The van der Waals surface area contributed by atoms with Gasteiger partial charge in [0.2, 0.25) is 0 Å². The Kier molecular flexibility index (Phi) is 4.46. The average molecular weight is 333 g/mol. The van der Waals surface area contributed by atoms with Gasteiger partial charge >= 0.3 is 0 Å². The number of ether oxygens (including phenoxy) is 3. The van der Waals surface area contributed by atoms with Crippen molar-refractivity contribution in [3.05, 3.63) is 58.6 Å². The van der Waals surface area contributed by atoms with Gasteiger partial charge < -0.3 is 19.3 Å². The molecule has 0 bridgehead atoms. The van der Waals surface area contributed by atoms with Crippen LogP contribution in [0.1, 0.15) is 17.2 Å². The standard InChI is InChI=1S/C18H17ClO4/c1-21-14-9-10-15(22-2)17-13(14)7-8-16(18(17)20)23-12-5-3-11(19)4-6-12/h3-10,16,18,20H,1-2H3/t16-,18+/m0/s1. The highest BCUT2D eigenvalue weighted by Gasteiger charge is 2.30. The molecule has 0 aliphatic heterocycles. The first-order valence-corrected chi connectivity index (χ1v) is 7.55. The van der Waals surface area contributed by atoms with Gasteiger partial charge in [-0.15, -0.1) is 0 Å². The highest BCUT2D eigenvalue weighted by molar-refractivity contribution is 6.30. The van der Waals surface area contributed by atoms with Gasteiger partial charge in [-0.2, -0.15) is 0 Å². The van der Waals surface area contributed by atoms with Crippen LogP contribution in [0.15, 0.2) is 42.5 Å². The molecule has 0 radical (unpaired) electrons. The number of aliphatic hydroxyl groups is 1. The Morgan fingerprint density at radius 1 is 0.957 bits per heavy atom. The van der Waals surface area contributed by atoms with Crippen LogP contribution < -0.4 is 14.2 Å². The maximum Gasteiger partial charge on any atom is 0.147 e. The van der Waals surface area contributed by atoms with Crippen molar-refractivity contribution in [2.45, 2.75) is 12.2 Å². The maximum atomic E-state index is 10.7. The highest BCUT2D eigenvalue weighted by atomic mass is 35.5. The molecule has 0 unspecified atom stereocenters. The van der Waals surface area contributed by atoms with Crippen LogP contribution in [0.4, 0.5) is 0 Å². The molecule has 0 saturated heterocycles. The van der Waals surface area contributed by atoms with E-state index in [1.54, 1.807) is 44.6 Å². The topological polar surface area (TPSA) is 47.9 Å². The molecule has 0 heterocycles. The Labute approximate surface area is 139 Å². The van der Waals surface area contributed by atoms with E-state index in [-0.39, 0.29) is 0 Å². The Morgan fingerprint density at radius 2 is 1.61 bits per heavy atom. The van der Waals surface area contributed by atoms with E-state index in [9.17, 15) is 5.11 Å². The fourth-order valence-corrected chi connectivity index (χ4v) is 2.79. The second-order valence-corrected chi connectivity index (χ2v) is 5.57. The van der Waals surface area contributed by atoms with E-state index in [0.717, 1.165) is 5.56 Å². The van der Waals surface area contributed by atoms with Gasteiger partial charge in [0.25, 0.3) is 0 Å². The molecule has 0 amide bonds. The number of fused-ring (bicyclic) bond motifs is 1. The second kappa shape index (κ2) is 6.52. The summed E-state index contributed by atoms with van der Waals surface area (Å²) in [4.78, 5) is 0. The summed E-state index contributed by atoms with van der Waals surface area (Å²) in [6.45, 7) is 0. The third kappa shape index (κ3) is 3.00. The van der Waals surface area contributed by atoms with Gasteiger partial charge in [-0.1, -0.05) is 17.7 Å². The summed E-state index contributed by atoms with van der Waals surface area (Å²) in [6, 6.07) is 10.6. The molecule has 1 N–H and O–H groups in total. The van der Waals surface area contributed by atoms with E-state index in [4.69, 9.17) is 25.8 Å². The van der Waals surface area contributed by atoms with Crippen LogP contribution in [-0.2, 0) is 0 Å². The fraction of sp³-hybridized carbons (Fsp3) is 0.222. The molecule has 5 heteroatoms. The lowest BCUT2D eigenvalue weighted by atomic mass is 9.91. The van der Waals surface area contributed by atoms with E-state index >= 15 is 0 Å². The van der Waals surface area contributed by atoms with Crippen molar-refractivity contribution in [3.8, 4) is 17.2 Å². The zero-order valence-corrected chi connectivity index (χ0v) is 13.6. The minimum absolute atomic E-state index is 0.523. The molecule has 0 saturated carbocycles. The first-order chi connectivity index (χ1) is 11.1. The molecular weight excluding hydrogens is 316 g/mol.